The maximum atomic E-state index is 5.15. The highest BCUT2D eigenvalue weighted by molar-refractivity contribution is 5.79. The van der Waals surface area contributed by atoms with Crippen LogP contribution < -0.4 is 15.4 Å². The van der Waals surface area contributed by atoms with Gasteiger partial charge in [-0.3, -0.25) is 5.10 Å². The number of aliphatic imine (C=N–C) groups is 1. The van der Waals surface area contributed by atoms with Crippen molar-refractivity contribution in [2.45, 2.75) is 26.8 Å². The summed E-state index contributed by atoms with van der Waals surface area (Å²) < 4.78 is 5.15. The molecular formula is C16H24N6O. The second-order valence-corrected chi connectivity index (χ2v) is 4.96. The van der Waals surface area contributed by atoms with Crippen LogP contribution in [0, 0.1) is 0 Å². The van der Waals surface area contributed by atoms with Crippen LogP contribution in [0.3, 0.4) is 0 Å². The van der Waals surface area contributed by atoms with Crippen LogP contribution in [0.25, 0.3) is 11.4 Å². The van der Waals surface area contributed by atoms with Crippen molar-refractivity contribution in [2.75, 3.05) is 20.2 Å². The Morgan fingerprint density at radius 2 is 2.00 bits per heavy atom. The molecule has 0 aliphatic heterocycles. The quantitative estimate of drug-likeness (QED) is 0.537. The standard InChI is InChI=1S/C16H24N6O/c1-4-10-18-16(17-5-2)19-11-14-20-15(22-21-14)12-6-8-13(23-3)9-7-12/h6-9H,4-5,10-11H2,1-3H3,(H2,17,18,19)(H,20,21,22). The van der Waals surface area contributed by atoms with E-state index in [0.29, 0.717) is 12.4 Å². The minimum atomic E-state index is 0.447. The molecule has 0 amide bonds. The van der Waals surface area contributed by atoms with E-state index >= 15 is 0 Å². The molecule has 1 aromatic carbocycles. The fourth-order valence-corrected chi connectivity index (χ4v) is 1.97. The van der Waals surface area contributed by atoms with E-state index in [4.69, 9.17) is 4.74 Å². The van der Waals surface area contributed by atoms with Crippen molar-refractivity contribution in [1.29, 1.82) is 0 Å². The molecule has 7 nitrogen and oxygen atoms in total. The Balaban J connectivity index is 2.02. The maximum Gasteiger partial charge on any atom is 0.191 e. The van der Waals surface area contributed by atoms with Crippen molar-refractivity contribution in [2.24, 2.45) is 4.99 Å². The van der Waals surface area contributed by atoms with Crippen molar-refractivity contribution in [3.63, 3.8) is 0 Å². The van der Waals surface area contributed by atoms with Gasteiger partial charge in [0.15, 0.2) is 11.8 Å². The van der Waals surface area contributed by atoms with E-state index in [-0.39, 0.29) is 0 Å². The molecular weight excluding hydrogens is 292 g/mol. The monoisotopic (exact) mass is 316 g/mol. The summed E-state index contributed by atoms with van der Waals surface area (Å²) in [6, 6.07) is 7.65. The normalized spacial score (nSPS) is 11.3. The molecule has 1 heterocycles. The van der Waals surface area contributed by atoms with E-state index in [1.165, 1.54) is 0 Å². The molecule has 0 spiro atoms. The van der Waals surface area contributed by atoms with E-state index in [2.05, 4.69) is 37.7 Å². The zero-order valence-electron chi connectivity index (χ0n) is 13.9. The van der Waals surface area contributed by atoms with E-state index in [0.717, 1.165) is 42.6 Å². The predicted octanol–water partition coefficient (Wildman–Crippen LogP) is 1.95. The first-order valence-electron chi connectivity index (χ1n) is 7.84. The molecule has 0 aliphatic carbocycles. The summed E-state index contributed by atoms with van der Waals surface area (Å²) in [6.45, 7) is 6.32. The third kappa shape index (κ3) is 4.98. The number of aromatic amines is 1. The molecule has 0 unspecified atom stereocenters. The Morgan fingerprint density at radius 1 is 1.22 bits per heavy atom. The third-order valence-corrected chi connectivity index (χ3v) is 3.15. The van der Waals surface area contributed by atoms with Gasteiger partial charge in [0.05, 0.1) is 7.11 Å². The second kappa shape index (κ2) is 8.77. The van der Waals surface area contributed by atoms with E-state index in [1.54, 1.807) is 7.11 Å². The van der Waals surface area contributed by atoms with Gasteiger partial charge < -0.3 is 15.4 Å². The van der Waals surface area contributed by atoms with Crippen LogP contribution in [-0.2, 0) is 6.54 Å². The lowest BCUT2D eigenvalue weighted by atomic mass is 10.2. The lowest BCUT2D eigenvalue weighted by molar-refractivity contribution is 0.415. The van der Waals surface area contributed by atoms with Gasteiger partial charge in [0.2, 0.25) is 0 Å². The molecule has 0 aliphatic rings. The number of aromatic nitrogens is 3. The van der Waals surface area contributed by atoms with Crippen molar-refractivity contribution in [3.05, 3.63) is 30.1 Å². The molecule has 2 rings (SSSR count). The van der Waals surface area contributed by atoms with E-state index < -0.39 is 0 Å². The molecule has 3 N–H and O–H groups in total. The van der Waals surface area contributed by atoms with Crippen LogP contribution in [0.1, 0.15) is 26.1 Å². The molecule has 0 atom stereocenters. The molecule has 0 saturated carbocycles. The highest BCUT2D eigenvalue weighted by Crippen LogP contribution is 2.18. The summed E-state index contributed by atoms with van der Waals surface area (Å²) in [5.74, 6) is 2.98. The van der Waals surface area contributed by atoms with Crippen LogP contribution >= 0.6 is 0 Å². The number of ether oxygens (including phenoxy) is 1. The molecule has 0 bridgehead atoms. The van der Waals surface area contributed by atoms with Crippen LogP contribution in [0.15, 0.2) is 29.3 Å². The second-order valence-electron chi connectivity index (χ2n) is 4.96. The fourth-order valence-electron chi connectivity index (χ4n) is 1.97. The zero-order chi connectivity index (χ0) is 16.5. The topological polar surface area (TPSA) is 87.2 Å². The van der Waals surface area contributed by atoms with Gasteiger partial charge in [-0.1, -0.05) is 6.92 Å². The average molecular weight is 316 g/mol. The lowest BCUT2D eigenvalue weighted by Gasteiger charge is -2.09. The van der Waals surface area contributed by atoms with Gasteiger partial charge in [0.25, 0.3) is 0 Å². The number of H-pyrrole nitrogens is 1. The summed E-state index contributed by atoms with van der Waals surface area (Å²) >= 11 is 0. The van der Waals surface area contributed by atoms with Crippen molar-refractivity contribution in [3.8, 4) is 17.1 Å². The lowest BCUT2D eigenvalue weighted by Crippen LogP contribution is -2.37. The van der Waals surface area contributed by atoms with Crippen molar-refractivity contribution in [1.82, 2.24) is 25.8 Å². The third-order valence-electron chi connectivity index (χ3n) is 3.15. The smallest absolute Gasteiger partial charge is 0.191 e. The number of rotatable bonds is 7. The van der Waals surface area contributed by atoms with Crippen LogP contribution in [-0.4, -0.2) is 41.3 Å². The van der Waals surface area contributed by atoms with Gasteiger partial charge >= 0.3 is 0 Å². The van der Waals surface area contributed by atoms with Crippen LogP contribution in [0.2, 0.25) is 0 Å². The van der Waals surface area contributed by atoms with Crippen LogP contribution in [0.4, 0.5) is 0 Å². The number of methoxy groups -OCH3 is 1. The van der Waals surface area contributed by atoms with Gasteiger partial charge in [0, 0.05) is 18.7 Å². The fraction of sp³-hybridized carbons (Fsp3) is 0.438. The Morgan fingerprint density at radius 3 is 2.65 bits per heavy atom. The average Bonchev–Trinajstić information content (AvgIpc) is 3.06. The van der Waals surface area contributed by atoms with Crippen LogP contribution in [0.5, 0.6) is 5.75 Å². The highest BCUT2D eigenvalue weighted by Gasteiger charge is 2.06. The van der Waals surface area contributed by atoms with E-state index in [1.807, 2.05) is 31.2 Å². The molecule has 7 heteroatoms. The number of nitrogens with one attached hydrogen (secondary N) is 3. The molecule has 2 aromatic rings. The number of guanidine groups is 1. The Hall–Kier alpha value is -2.57. The summed E-state index contributed by atoms with van der Waals surface area (Å²) in [7, 11) is 1.65. The molecule has 23 heavy (non-hydrogen) atoms. The first-order valence-corrected chi connectivity index (χ1v) is 7.84. The summed E-state index contributed by atoms with van der Waals surface area (Å²) in [6.07, 6.45) is 1.05. The summed E-state index contributed by atoms with van der Waals surface area (Å²) in [5, 5.41) is 13.6. The van der Waals surface area contributed by atoms with Gasteiger partial charge in [-0.25, -0.2) is 9.98 Å². The zero-order valence-corrected chi connectivity index (χ0v) is 13.9. The minimum Gasteiger partial charge on any atom is -0.497 e. The summed E-state index contributed by atoms with van der Waals surface area (Å²) in [4.78, 5) is 8.97. The molecule has 0 fully saturated rings. The molecule has 0 radical (unpaired) electrons. The number of nitrogens with zero attached hydrogens (tertiary/aromatic N) is 3. The van der Waals surface area contributed by atoms with Gasteiger partial charge in [-0.2, -0.15) is 5.10 Å². The number of benzene rings is 1. The van der Waals surface area contributed by atoms with Crippen molar-refractivity contribution >= 4 is 5.96 Å². The van der Waals surface area contributed by atoms with Crippen molar-refractivity contribution < 1.29 is 4.74 Å². The predicted molar refractivity (Wildman–Crippen MR) is 91.5 cm³/mol. The Kier molecular flexibility index (Phi) is 6.40. The first-order chi connectivity index (χ1) is 11.3. The Labute approximate surface area is 136 Å². The molecule has 1 aromatic heterocycles. The number of hydrogen-bond donors (Lipinski definition) is 3. The molecule has 124 valence electrons. The van der Waals surface area contributed by atoms with E-state index in [9.17, 15) is 0 Å². The molecule has 0 saturated heterocycles. The van der Waals surface area contributed by atoms with Gasteiger partial charge in [0.1, 0.15) is 18.1 Å². The van der Waals surface area contributed by atoms with Gasteiger partial charge in [-0.05, 0) is 37.6 Å². The maximum absolute atomic E-state index is 5.15. The van der Waals surface area contributed by atoms with Gasteiger partial charge in [-0.15, -0.1) is 0 Å². The first kappa shape index (κ1) is 16.8. The largest absolute Gasteiger partial charge is 0.497 e. The number of hydrogen-bond acceptors (Lipinski definition) is 4. The Bertz CT molecular complexity index is 620. The SMILES string of the molecule is CCCNC(=NCc1nc(-c2ccc(OC)cc2)n[nH]1)NCC. The summed E-state index contributed by atoms with van der Waals surface area (Å²) in [5.41, 5.74) is 0.938. The highest BCUT2D eigenvalue weighted by atomic mass is 16.5. The minimum absolute atomic E-state index is 0.447.